The number of aliphatic hydroxyl groups excluding tert-OH is 2. The third kappa shape index (κ3) is 8.30. The lowest BCUT2D eigenvalue weighted by atomic mass is 9.91. The molecule has 3 aromatic heterocycles. The van der Waals surface area contributed by atoms with E-state index >= 15 is 0 Å². The van der Waals surface area contributed by atoms with E-state index in [9.17, 15) is 19.8 Å². The number of halogens is 1. The summed E-state index contributed by atoms with van der Waals surface area (Å²) in [7, 11) is 3.27. The predicted octanol–water partition coefficient (Wildman–Crippen LogP) is 3.38. The van der Waals surface area contributed by atoms with E-state index in [1.54, 1.807) is 45.0 Å². The monoisotopic (exact) mass is 775 g/mol. The van der Waals surface area contributed by atoms with Gasteiger partial charge in [-0.1, -0.05) is 36.3 Å². The van der Waals surface area contributed by atoms with Crippen molar-refractivity contribution in [3.8, 4) is 11.5 Å². The number of fused-ring (bicyclic) bond motifs is 1. The van der Waals surface area contributed by atoms with E-state index in [2.05, 4.69) is 21.1 Å². The molecule has 5 atom stereocenters. The van der Waals surface area contributed by atoms with Crippen LogP contribution in [0.3, 0.4) is 0 Å². The molecular weight excluding hydrogens is 730 g/mol. The molecule has 5 N–H and O–H groups in total. The molecule has 1 aliphatic heterocycles. The van der Waals surface area contributed by atoms with Gasteiger partial charge in [0.2, 0.25) is 11.9 Å². The lowest BCUT2D eigenvalue weighted by molar-refractivity contribution is -0.122. The second-order valence-electron chi connectivity index (χ2n) is 13.7. The summed E-state index contributed by atoms with van der Waals surface area (Å²) in [4.78, 5) is 41.8. The van der Waals surface area contributed by atoms with Gasteiger partial charge in [0.15, 0.2) is 22.7 Å². The van der Waals surface area contributed by atoms with Crippen molar-refractivity contribution < 1.29 is 33.8 Å². The zero-order chi connectivity index (χ0) is 37.9. The Morgan fingerprint density at radius 3 is 2.25 bits per heavy atom. The maximum atomic E-state index is 12.9. The number of rotatable bonds is 13. The summed E-state index contributed by atoms with van der Waals surface area (Å²) in [6.45, 7) is 4.91. The fourth-order valence-corrected chi connectivity index (χ4v) is 7.24. The van der Waals surface area contributed by atoms with Crippen LogP contribution in [0.4, 0.5) is 11.8 Å². The van der Waals surface area contributed by atoms with Crippen LogP contribution >= 0.6 is 12.4 Å². The van der Waals surface area contributed by atoms with Gasteiger partial charge in [-0.2, -0.15) is 9.97 Å². The molecule has 2 aromatic carbocycles. The SMILES string of the molecule is CCC(=O)N[C@H]1C[C@@H](n2cnc3c(NCC(c4ccc(OC)cc4)c4ccc(OC)cc4)nc(N4CCC(NC(=O)c5cc(C)on5)C4)nc32)[C@@H](O)[C@@H]1O.Cl. The average Bonchev–Trinajstić information content (AvgIpc) is 4.00. The summed E-state index contributed by atoms with van der Waals surface area (Å²) in [5.41, 5.74) is 3.25. The molecule has 7 rings (SSSR count). The first kappa shape index (κ1) is 39.2. The number of hydrogen-bond acceptors (Lipinski definition) is 13. The Morgan fingerprint density at radius 2 is 1.65 bits per heavy atom. The van der Waals surface area contributed by atoms with E-state index < -0.39 is 24.3 Å². The number of benzene rings is 2. The minimum absolute atomic E-state index is 0. The summed E-state index contributed by atoms with van der Waals surface area (Å²) < 4.78 is 17.7. The second-order valence-corrected chi connectivity index (χ2v) is 13.7. The number of aromatic nitrogens is 5. The molecule has 2 fully saturated rings. The van der Waals surface area contributed by atoms with Crippen LogP contribution in [0, 0.1) is 6.92 Å². The highest BCUT2D eigenvalue weighted by molar-refractivity contribution is 5.92. The first-order valence-corrected chi connectivity index (χ1v) is 18.1. The molecule has 2 aliphatic rings. The number of methoxy groups -OCH3 is 2. The van der Waals surface area contributed by atoms with Crippen LogP contribution in [0.5, 0.6) is 11.5 Å². The highest BCUT2D eigenvalue weighted by Gasteiger charge is 2.44. The van der Waals surface area contributed by atoms with Gasteiger partial charge in [0.1, 0.15) is 29.5 Å². The summed E-state index contributed by atoms with van der Waals surface area (Å²) in [6.07, 6.45) is 0.421. The van der Waals surface area contributed by atoms with Crippen molar-refractivity contribution in [2.45, 2.75) is 69.4 Å². The molecule has 1 saturated heterocycles. The number of imidazole rings is 1. The Labute approximate surface area is 324 Å². The highest BCUT2D eigenvalue weighted by Crippen LogP contribution is 2.36. The van der Waals surface area contributed by atoms with E-state index in [0.29, 0.717) is 54.7 Å². The van der Waals surface area contributed by atoms with Crippen LogP contribution < -0.4 is 30.3 Å². The number of amides is 2. The number of hydrogen-bond donors (Lipinski definition) is 5. The van der Waals surface area contributed by atoms with Crippen LogP contribution in [-0.2, 0) is 4.79 Å². The largest absolute Gasteiger partial charge is 0.497 e. The number of ether oxygens (including phenoxy) is 2. The molecule has 1 saturated carbocycles. The average molecular weight is 776 g/mol. The molecule has 17 heteroatoms. The highest BCUT2D eigenvalue weighted by atomic mass is 35.5. The van der Waals surface area contributed by atoms with Gasteiger partial charge in [0.25, 0.3) is 5.91 Å². The Morgan fingerprint density at radius 1 is 0.982 bits per heavy atom. The zero-order valence-electron chi connectivity index (χ0n) is 31.0. The quantitative estimate of drug-likeness (QED) is 0.117. The standard InChI is InChI=1S/C38H45N9O7.ClH/c1-5-31(48)42-28-17-30(34(50)33(28)49)47-20-40-32-35(39-18-27(22-6-10-25(52-3)11-7-22)23-8-12-26(53-4)13-9-23)43-38(44-36(32)47)46-15-14-24(19-46)41-37(51)29-16-21(2)54-45-29;/h6-13,16,20,24,27-28,30,33-34,49-50H,5,14-15,17-19H2,1-4H3,(H,41,51)(H,42,48)(H,39,43,44);1H/t24?,28-,30+,33+,34+;/m0./s1. The third-order valence-electron chi connectivity index (χ3n) is 10.3. The van der Waals surface area contributed by atoms with Gasteiger partial charge >= 0.3 is 0 Å². The molecule has 55 heavy (non-hydrogen) atoms. The molecule has 4 heterocycles. The Bertz CT molecular complexity index is 2040. The summed E-state index contributed by atoms with van der Waals surface area (Å²) in [6, 6.07) is 16.0. The fourth-order valence-electron chi connectivity index (χ4n) is 7.24. The van der Waals surface area contributed by atoms with E-state index in [1.165, 1.54) is 0 Å². The molecule has 0 bridgehead atoms. The summed E-state index contributed by atoms with van der Waals surface area (Å²) in [5, 5.41) is 35.4. The molecule has 292 valence electrons. The zero-order valence-corrected chi connectivity index (χ0v) is 31.8. The van der Waals surface area contributed by atoms with Gasteiger partial charge in [-0.15, -0.1) is 12.4 Å². The van der Waals surface area contributed by atoms with Crippen molar-refractivity contribution >= 4 is 47.2 Å². The third-order valence-corrected chi connectivity index (χ3v) is 10.3. The van der Waals surface area contributed by atoms with E-state index in [-0.39, 0.29) is 54.7 Å². The fraction of sp³-hybridized carbons (Fsp3) is 0.421. The van der Waals surface area contributed by atoms with Crippen molar-refractivity contribution in [1.29, 1.82) is 0 Å². The number of anilines is 2. The molecular formula is C38H46ClN9O7. The number of aryl methyl sites for hydroxylation is 1. The number of nitrogens with one attached hydrogen (secondary N) is 3. The minimum Gasteiger partial charge on any atom is -0.497 e. The van der Waals surface area contributed by atoms with E-state index in [4.69, 9.17) is 28.9 Å². The number of nitrogens with zero attached hydrogens (tertiary/aromatic N) is 6. The first-order chi connectivity index (χ1) is 26.1. The lowest BCUT2D eigenvalue weighted by Crippen LogP contribution is -2.42. The van der Waals surface area contributed by atoms with E-state index in [0.717, 1.165) is 22.6 Å². The minimum atomic E-state index is -1.18. The van der Waals surface area contributed by atoms with Crippen molar-refractivity contribution in [3.63, 3.8) is 0 Å². The van der Waals surface area contributed by atoms with Crippen LogP contribution in [0.1, 0.15) is 65.5 Å². The van der Waals surface area contributed by atoms with Gasteiger partial charge in [-0.3, -0.25) is 9.59 Å². The summed E-state index contributed by atoms with van der Waals surface area (Å²) >= 11 is 0. The van der Waals surface area contributed by atoms with Crippen molar-refractivity contribution in [2.24, 2.45) is 0 Å². The topological polar surface area (TPSA) is 202 Å². The molecule has 0 spiro atoms. The van der Waals surface area contributed by atoms with Crippen molar-refractivity contribution in [1.82, 2.24) is 35.3 Å². The summed E-state index contributed by atoms with van der Waals surface area (Å²) in [5.74, 6) is 2.29. The lowest BCUT2D eigenvalue weighted by Gasteiger charge is -2.22. The normalized spacial score (nSPS) is 20.7. The van der Waals surface area contributed by atoms with Gasteiger partial charge in [0, 0.05) is 44.1 Å². The maximum absolute atomic E-state index is 12.9. The Kier molecular flexibility index (Phi) is 12.1. The van der Waals surface area contributed by atoms with Crippen LogP contribution in [0.15, 0.2) is 65.4 Å². The van der Waals surface area contributed by atoms with Crippen LogP contribution in [0.2, 0.25) is 0 Å². The number of carbonyl (C=O) groups excluding carboxylic acids is 2. The smallest absolute Gasteiger partial charge is 0.273 e. The van der Waals surface area contributed by atoms with Gasteiger partial charge in [0.05, 0.1) is 32.6 Å². The molecule has 1 aliphatic carbocycles. The second kappa shape index (κ2) is 16.9. The first-order valence-electron chi connectivity index (χ1n) is 18.1. The molecule has 5 aromatic rings. The number of aliphatic hydroxyl groups is 2. The molecule has 1 unspecified atom stereocenters. The predicted molar refractivity (Wildman–Crippen MR) is 206 cm³/mol. The van der Waals surface area contributed by atoms with Crippen LogP contribution in [-0.4, -0.2) is 105 Å². The van der Waals surface area contributed by atoms with Gasteiger partial charge < -0.3 is 49.6 Å². The Balaban J connectivity index is 0.00000514. The van der Waals surface area contributed by atoms with Gasteiger partial charge in [-0.05, 0) is 55.2 Å². The molecule has 2 amide bonds. The van der Waals surface area contributed by atoms with Gasteiger partial charge in [-0.25, -0.2) is 4.98 Å². The Hall–Kier alpha value is -5.45. The van der Waals surface area contributed by atoms with Crippen LogP contribution in [0.25, 0.3) is 11.2 Å². The number of carbonyl (C=O) groups is 2. The van der Waals surface area contributed by atoms with Crippen molar-refractivity contribution in [2.75, 3.05) is 44.1 Å². The maximum Gasteiger partial charge on any atom is 0.273 e. The van der Waals surface area contributed by atoms with E-state index in [1.807, 2.05) is 53.4 Å². The molecule has 16 nitrogen and oxygen atoms in total. The molecule has 0 radical (unpaired) electrons. The van der Waals surface area contributed by atoms with Crippen molar-refractivity contribution in [3.05, 3.63) is 83.5 Å².